The van der Waals surface area contributed by atoms with Crippen LogP contribution < -0.4 is 9.62 Å². The van der Waals surface area contributed by atoms with Gasteiger partial charge in [-0.3, -0.25) is 4.72 Å². The molecule has 0 aliphatic carbocycles. The minimum atomic E-state index is -3.35. The Morgan fingerprint density at radius 2 is 2.00 bits per heavy atom. The molecule has 10 heteroatoms. The van der Waals surface area contributed by atoms with E-state index in [1.807, 2.05) is 30.0 Å². The molecule has 0 radical (unpaired) electrons. The van der Waals surface area contributed by atoms with Crippen molar-refractivity contribution in [3.63, 3.8) is 0 Å². The van der Waals surface area contributed by atoms with Crippen LogP contribution in [0, 0.1) is 0 Å². The van der Waals surface area contributed by atoms with E-state index in [-0.39, 0.29) is 5.75 Å². The minimum absolute atomic E-state index is 0.193. The van der Waals surface area contributed by atoms with Crippen molar-refractivity contribution >= 4 is 42.8 Å². The largest absolute Gasteiger partial charge is 0.506 e. The highest BCUT2D eigenvalue weighted by Gasteiger charge is 2.17. The average molecular weight is 430 g/mol. The maximum absolute atomic E-state index is 11.5. The fourth-order valence-electron chi connectivity index (χ4n) is 2.99. The molecular formula is C19H19N5O3S2. The van der Waals surface area contributed by atoms with Gasteiger partial charge in [-0.25, -0.2) is 17.9 Å². The van der Waals surface area contributed by atoms with E-state index in [9.17, 15) is 13.5 Å². The highest BCUT2D eigenvalue weighted by atomic mass is 32.2. The number of benzene rings is 2. The van der Waals surface area contributed by atoms with Gasteiger partial charge in [-0.15, -0.1) is 5.10 Å². The van der Waals surface area contributed by atoms with Gasteiger partial charge >= 0.3 is 0 Å². The number of fused-ring (bicyclic) bond motifs is 1. The zero-order valence-electron chi connectivity index (χ0n) is 15.8. The number of phenols is 1. The number of sulfonamides is 1. The number of anilines is 3. The first kappa shape index (κ1) is 19.2. The lowest BCUT2D eigenvalue weighted by Crippen LogP contribution is -2.16. The second-order valence-electron chi connectivity index (χ2n) is 6.43. The average Bonchev–Trinajstić information content (AvgIpc) is 3.22. The van der Waals surface area contributed by atoms with Gasteiger partial charge in [0.1, 0.15) is 5.75 Å². The smallest absolute Gasteiger partial charge is 0.229 e. The van der Waals surface area contributed by atoms with Gasteiger partial charge < -0.3 is 10.0 Å². The van der Waals surface area contributed by atoms with Crippen molar-refractivity contribution in [2.24, 2.45) is 0 Å². The Morgan fingerprint density at radius 1 is 1.21 bits per heavy atom. The van der Waals surface area contributed by atoms with E-state index >= 15 is 0 Å². The number of para-hydroxylation sites is 2. The molecule has 150 valence electrons. The monoisotopic (exact) mass is 429 g/mol. The number of aromatic hydroxyl groups is 1. The number of nitrogens with one attached hydrogen (secondary N) is 1. The predicted octanol–water partition coefficient (Wildman–Crippen LogP) is 3.69. The fourth-order valence-corrected chi connectivity index (χ4v) is 4.51. The zero-order valence-corrected chi connectivity index (χ0v) is 17.4. The lowest BCUT2D eigenvalue weighted by Gasteiger charge is -2.20. The molecule has 0 aliphatic rings. The maximum Gasteiger partial charge on any atom is 0.229 e. The van der Waals surface area contributed by atoms with Crippen LogP contribution in [0.5, 0.6) is 5.75 Å². The van der Waals surface area contributed by atoms with E-state index in [0.717, 1.165) is 17.0 Å². The number of imidazole rings is 1. The molecule has 2 N–H and O–H groups in total. The Kier molecular flexibility index (Phi) is 4.89. The van der Waals surface area contributed by atoms with E-state index in [2.05, 4.69) is 14.8 Å². The van der Waals surface area contributed by atoms with Crippen LogP contribution in [0.1, 0.15) is 6.92 Å². The van der Waals surface area contributed by atoms with Gasteiger partial charge in [0.2, 0.25) is 20.1 Å². The molecule has 2 aromatic heterocycles. The normalized spacial score (nSPS) is 11.7. The Labute approximate surface area is 172 Å². The van der Waals surface area contributed by atoms with Crippen molar-refractivity contribution in [1.29, 1.82) is 0 Å². The number of hydrogen-bond acceptors (Lipinski definition) is 7. The number of nitrogens with zero attached hydrogens (tertiary/aromatic N) is 4. The maximum atomic E-state index is 11.5. The van der Waals surface area contributed by atoms with Crippen molar-refractivity contribution in [2.75, 3.05) is 22.4 Å². The van der Waals surface area contributed by atoms with Gasteiger partial charge in [0.25, 0.3) is 0 Å². The predicted molar refractivity (Wildman–Crippen MR) is 116 cm³/mol. The summed E-state index contributed by atoms with van der Waals surface area (Å²) in [7, 11) is -3.35. The van der Waals surface area contributed by atoms with E-state index in [1.54, 1.807) is 41.0 Å². The van der Waals surface area contributed by atoms with Crippen LogP contribution >= 0.6 is 11.3 Å². The molecule has 8 nitrogen and oxygen atoms in total. The van der Waals surface area contributed by atoms with Gasteiger partial charge in [0.15, 0.2) is 0 Å². The van der Waals surface area contributed by atoms with Gasteiger partial charge in [-0.2, -0.15) is 0 Å². The highest BCUT2D eigenvalue weighted by Crippen LogP contribution is 2.35. The summed E-state index contributed by atoms with van der Waals surface area (Å²) in [5, 5.41) is 15.5. The third kappa shape index (κ3) is 4.03. The summed E-state index contributed by atoms with van der Waals surface area (Å²) in [5.74, 6) is 0.193. The Bertz CT molecular complexity index is 1250. The van der Waals surface area contributed by atoms with Crippen LogP contribution in [-0.2, 0) is 10.0 Å². The molecule has 2 heterocycles. The summed E-state index contributed by atoms with van der Waals surface area (Å²) in [6.45, 7) is 2.63. The van der Waals surface area contributed by atoms with Crippen molar-refractivity contribution in [3.05, 3.63) is 54.7 Å². The summed E-state index contributed by atoms with van der Waals surface area (Å²) in [6.07, 6.45) is 2.91. The SMILES string of the molecule is CCN(c1nn2cc(-c3cccc(NS(C)(=O)=O)c3)nc2s1)c1ccccc1O. The fraction of sp³-hybridized carbons (Fsp3) is 0.158. The van der Waals surface area contributed by atoms with Crippen molar-refractivity contribution in [2.45, 2.75) is 6.92 Å². The van der Waals surface area contributed by atoms with Crippen LogP contribution in [0.25, 0.3) is 16.2 Å². The van der Waals surface area contributed by atoms with Gasteiger partial charge in [-0.1, -0.05) is 35.6 Å². The second kappa shape index (κ2) is 7.37. The van der Waals surface area contributed by atoms with E-state index in [4.69, 9.17) is 0 Å². The molecular weight excluding hydrogens is 410 g/mol. The van der Waals surface area contributed by atoms with Gasteiger partial charge in [-0.05, 0) is 31.2 Å². The van der Waals surface area contributed by atoms with Gasteiger partial charge in [0.05, 0.1) is 23.8 Å². The van der Waals surface area contributed by atoms with Crippen LogP contribution in [0.2, 0.25) is 0 Å². The first-order valence-corrected chi connectivity index (χ1v) is 11.5. The molecule has 0 unspecified atom stereocenters. The van der Waals surface area contributed by atoms with Crippen molar-refractivity contribution in [1.82, 2.24) is 14.6 Å². The molecule has 0 saturated carbocycles. The summed E-state index contributed by atoms with van der Waals surface area (Å²) in [4.78, 5) is 7.25. The number of hydrogen-bond donors (Lipinski definition) is 2. The molecule has 0 aliphatic heterocycles. The van der Waals surface area contributed by atoms with E-state index in [0.29, 0.717) is 28.6 Å². The number of rotatable bonds is 6. The molecule has 0 fully saturated rings. The molecule has 0 amide bonds. The molecule has 0 spiro atoms. The Morgan fingerprint density at radius 3 is 2.69 bits per heavy atom. The summed E-state index contributed by atoms with van der Waals surface area (Å²) in [5.41, 5.74) is 2.64. The lowest BCUT2D eigenvalue weighted by atomic mass is 10.1. The molecule has 29 heavy (non-hydrogen) atoms. The van der Waals surface area contributed by atoms with Crippen molar-refractivity contribution in [3.8, 4) is 17.0 Å². The lowest BCUT2D eigenvalue weighted by molar-refractivity contribution is 0.475. The third-order valence-electron chi connectivity index (χ3n) is 4.21. The van der Waals surface area contributed by atoms with E-state index in [1.165, 1.54) is 11.3 Å². The first-order chi connectivity index (χ1) is 13.8. The number of aromatic nitrogens is 3. The van der Waals surface area contributed by atoms with Gasteiger partial charge in [0, 0.05) is 17.8 Å². The molecule has 0 bridgehead atoms. The highest BCUT2D eigenvalue weighted by molar-refractivity contribution is 7.92. The van der Waals surface area contributed by atoms with E-state index < -0.39 is 10.0 Å². The third-order valence-corrected chi connectivity index (χ3v) is 5.77. The Balaban J connectivity index is 1.67. The quantitative estimate of drug-likeness (QED) is 0.485. The summed E-state index contributed by atoms with van der Waals surface area (Å²) >= 11 is 1.41. The van der Waals surface area contributed by atoms with Crippen LogP contribution in [0.3, 0.4) is 0 Å². The molecule has 4 aromatic rings. The molecule has 4 rings (SSSR count). The second-order valence-corrected chi connectivity index (χ2v) is 9.11. The topological polar surface area (TPSA) is 99.8 Å². The van der Waals surface area contributed by atoms with Crippen LogP contribution in [0.15, 0.2) is 54.7 Å². The zero-order chi connectivity index (χ0) is 20.6. The van der Waals surface area contributed by atoms with Crippen molar-refractivity contribution < 1.29 is 13.5 Å². The summed E-state index contributed by atoms with van der Waals surface area (Å²) in [6, 6.07) is 14.2. The number of phenolic OH excluding ortho intramolecular Hbond substituents is 1. The molecule has 2 aromatic carbocycles. The minimum Gasteiger partial charge on any atom is -0.506 e. The Hall–Kier alpha value is -3.11. The molecule has 0 atom stereocenters. The first-order valence-electron chi connectivity index (χ1n) is 8.84. The van der Waals surface area contributed by atoms with Crippen LogP contribution in [0.4, 0.5) is 16.5 Å². The molecule has 0 saturated heterocycles. The van der Waals surface area contributed by atoms with Crippen LogP contribution in [-0.4, -0.2) is 40.9 Å². The standard InChI is InChI=1S/C19H19N5O3S2/c1-3-23(16-9-4-5-10-17(16)25)19-21-24-12-15(20-18(24)28-19)13-7-6-8-14(11-13)22-29(2,26)27/h4-12,22,25H,3H2,1-2H3. The summed E-state index contributed by atoms with van der Waals surface area (Å²) < 4.78 is 27.1.